The average molecular weight is 459 g/mol. The van der Waals surface area contributed by atoms with Crippen molar-refractivity contribution in [3.8, 4) is 11.3 Å². The maximum absolute atomic E-state index is 13.1. The van der Waals surface area contributed by atoms with Gasteiger partial charge in [0.15, 0.2) is 0 Å². The highest BCUT2D eigenvalue weighted by atomic mass is 35.5. The van der Waals surface area contributed by atoms with Crippen molar-refractivity contribution in [1.29, 1.82) is 0 Å². The van der Waals surface area contributed by atoms with Crippen LogP contribution < -0.4 is 0 Å². The number of furan rings is 1. The zero-order valence-electron chi connectivity index (χ0n) is 15.6. The first-order chi connectivity index (χ1) is 14.8. The summed E-state index contributed by atoms with van der Waals surface area (Å²) in [6.07, 6.45) is 1.42. The lowest BCUT2D eigenvalue weighted by Crippen LogP contribution is -2.27. The van der Waals surface area contributed by atoms with Crippen molar-refractivity contribution in [3.63, 3.8) is 0 Å². The van der Waals surface area contributed by atoms with Gasteiger partial charge in [-0.2, -0.15) is 0 Å². The van der Waals surface area contributed by atoms with Crippen LogP contribution in [-0.2, 0) is 11.3 Å². The fourth-order valence-corrected chi connectivity index (χ4v) is 3.96. The van der Waals surface area contributed by atoms with Gasteiger partial charge in [-0.05, 0) is 47.7 Å². The van der Waals surface area contributed by atoms with E-state index < -0.39 is 21.9 Å². The molecular formula is C21H12ClFN2O5S. The van der Waals surface area contributed by atoms with Gasteiger partial charge in [-0.1, -0.05) is 23.7 Å². The van der Waals surface area contributed by atoms with Crippen LogP contribution in [0.3, 0.4) is 0 Å². The van der Waals surface area contributed by atoms with Crippen LogP contribution in [-0.4, -0.2) is 21.0 Å². The molecule has 0 bridgehead atoms. The minimum Gasteiger partial charge on any atom is -0.457 e. The van der Waals surface area contributed by atoms with E-state index in [0.717, 1.165) is 16.7 Å². The van der Waals surface area contributed by atoms with Crippen molar-refractivity contribution in [3.05, 3.63) is 91.8 Å². The maximum atomic E-state index is 13.1. The molecule has 4 rings (SSSR count). The lowest BCUT2D eigenvalue weighted by Gasteiger charge is -2.12. The molecule has 2 heterocycles. The molecular weight excluding hydrogens is 447 g/mol. The number of non-ortho nitro benzene ring substituents is 1. The van der Waals surface area contributed by atoms with Crippen LogP contribution in [0.1, 0.15) is 11.3 Å². The number of nitrogens with zero attached hydrogens (tertiary/aromatic N) is 2. The third-order valence-electron chi connectivity index (χ3n) is 4.45. The summed E-state index contributed by atoms with van der Waals surface area (Å²) in [6.45, 7) is 0.0228. The first-order valence-corrected chi connectivity index (χ1v) is 10.1. The number of thioether (sulfide) groups is 1. The lowest BCUT2D eigenvalue weighted by atomic mass is 10.1. The first kappa shape index (κ1) is 20.8. The molecule has 0 saturated carbocycles. The van der Waals surface area contributed by atoms with Crippen LogP contribution in [0.15, 0.2) is 63.9 Å². The zero-order chi connectivity index (χ0) is 22.1. The molecule has 0 aliphatic carbocycles. The fourth-order valence-electron chi connectivity index (χ4n) is 2.93. The fraction of sp³-hybridized carbons (Fsp3) is 0.0476. The lowest BCUT2D eigenvalue weighted by molar-refractivity contribution is -0.384. The third-order valence-corrected chi connectivity index (χ3v) is 5.69. The van der Waals surface area contributed by atoms with Crippen molar-refractivity contribution in [2.24, 2.45) is 0 Å². The number of carbonyl (C=O) groups is 2. The first-order valence-electron chi connectivity index (χ1n) is 8.86. The Morgan fingerprint density at radius 2 is 1.87 bits per heavy atom. The van der Waals surface area contributed by atoms with Crippen molar-refractivity contribution in [2.45, 2.75) is 6.54 Å². The van der Waals surface area contributed by atoms with E-state index in [1.165, 1.54) is 48.5 Å². The van der Waals surface area contributed by atoms with E-state index in [-0.39, 0.29) is 33.7 Å². The molecule has 3 aromatic rings. The number of hydrogen-bond acceptors (Lipinski definition) is 6. The van der Waals surface area contributed by atoms with Crippen molar-refractivity contribution in [2.75, 3.05) is 0 Å². The van der Waals surface area contributed by atoms with Crippen LogP contribution in [0.2, 0.25) is 5.02 Å². The van der Waals surface area contributed by atoms with Crippen molar-refractivity contribution < 1.29 is 23.3 Å². The van der Waals surface area contributed by atoms with Gasteiger partial charge in [0.05, 0.1) is 21.4 Å². The van der Waals surface area contributed by atoms with Crippen molar-refractivity contribution in [1.82, 2.24) is 4.90 Å². The van der Waals surface area contributed by atoms with E-state index in [9.17, 15) is 24.1 Å². The third kappa shape index (κ3) is 4.37. The van der Waals surface area contributed by atoms with E-state index >= 15 is 0 Å². The number of halogens is 2. The van der Waals surface area contributed by atoms with Crippen LogP contribution >= 0.6 is 23.4 Å². The molecule has 156 valence electrons. The topological polar surface area (TPSA) is 93.7 Å². The Bertz CT molecular complexity index is 1240. The van der Waals surface area contributed by atoms with Gasteiger partial charge in [-0.15, -0.1) is 0 Å². The molecule has 1 aliphatic heterocycles. The van der Waals surface area contributed by atoms with Crippen LogP contribution in [0.25, 0.3) is 17.4 Å². The van der Waals surface area contributed by atoms with Gasteiger partial charge in [0.25, 0.3) is 16.8 Å². The van der Waals surface area contributed by atoms with Gasteiger partial charge in [0.1, 0.15) is 17.3 Å². The summed E-state index contributed by atoms with van der Waals surface area (Å²) in [5.74, 6) is -0.337. The summed E-state index contributed by atoms with van der Waals surface area (Å²) in [5.41, 5.74) is 0.810. The number of benzene rings is 2. The highest BCUT2D eigenvalue weighted by Gasteiger charge is 2.35. The maximum Gasteiger partial charge on any atom is 0.293 e. The summed E-state index contributed by atoms with van der Waals surface area (Å²) < 4.78 is 18.7. The molecule has 1 saturated heterocycles. The average Bonchev–Trinajstić information content (AvgIpc) is 3.30. The van der Waals surface area contributed by atoms with E-state index in [0.29, 0.717) is 11.1 Å². The van der Waals surface area contributed by atoms with E-state index in [1.807, 2.05) is 0 Å². The summed E-state index contributed by atoms with van der Waals surface area (Å²) >= 11 is 6.89. The van der Waals surface area contributed by atoms with Crippen LogP contribution in [0.4, 0.5) is 14.9 Å². The number of amides is 2. The van der Waals surface area contributed by atoms with E-state index in [1.54, 1.807) is 12.1 Å². The Morgan fingerprint density at radius 3 is 2.58 bits per heavy atom. The van der Waals surface area contributed by atoms with Gasteiger partial charge >= 0.3 is 0 Å². The minimum absolute atomic E-state index is 0.0228. The standard InChI is InChI=1S/C21H12ClFN2O5S/c22-17-7-5-14(25(28)29)9-16(17)18-8-6-15(30-18)10-19-20(26)24(21(27)31-19)11-12-1-3-13(23)4-2-12/h1-10H,11H2/b19-10+. The number of carbonyl (C=O) groups excluding carboxylic acids is 2. The second-order valence-electron chi connectivity index (χ2n) is 6.52. The molecule has 1 aromatic heterocycles. The molecule has 7 nitrogen and oxygen atoms in total. The molecule has 0 spiro atoms. The second kappa shape index (κ2) is 8.37. The normalized spacial score (nSPS) is 15.2. The van der Waals surface area contributed by atoms with E-state index in [2.05, 4.69) is 0 Å². The Morgan fingerprint density at radius 1 is 1.13 bits per heavy atom. The number of imide groups is 1. The van der Waals surface area contributed by atoms with Gasteiger partial charge in [0.2, 0.25) is 0 Å². The quantitative estimate of drug-likeness (QED) is 0.269. The van der Waals surface area contributed by atoms with E-state index in [4.69, 9.17) is 16.0 Å². The van der Waals surface area contributed by atoms with Gasteiger partial charge in [-0.3, -0.25) is 24.6 Å². The number of hydrogen-bond donors (Lipinski definition) is 0. The molecule has 0 unspecified atom stereocenters. The number of rotatable bonds is 5. The number of nitro benzene ring substituents is 1. The molecule has 1 aliphatic rings. The molecule has 0 radical (unpaired) electrons. The largest absolute Gasteiger partial charge is 0.457 e. The summed E-state index contributed by atoms with van der Waals surface area (Å²) in [6, 6.07) is 12.6. The molecule has 10 heteroatoms. The Balaban J connectivity index is 1.56. The molecule has 31 heavy (non-hydrogen) atoms. The predicted octanol–water partition coefficient (Wildman–Crippen LogP) is 5.88. The monoisotopic (exact) mass is 458 g/mol. The van der Waals surface area contributed by atoms with Crippen LogP contribution in [0, 0.1) is 15.9 Å². The van der Waals surface area contributed by atoms with Gasteiger partial charge in [-0.25, -0.2) is 4.39 Å². The summed E-state index contributed by atoms with van der Waals surface area (Å²) in [5, 5.41) is 10.8. The van der Waals surface area contributed by atoms with Gasteiger partial charge < -0.3 is 4.42 Å². The molecule has 2 amide bonds. The Kier molecular flexibility index (Phi) is 5.62. The Labute approximate surface area is 184 Å². The predicted molar refractivity (Wildman–Crippen MR) is 114 cm³/mol. The van der Waals surface area contributed by atoms with Gasteiger partial charge in [0, 0.05) is 23.8 Å². The molecule has 0 atom stereocenters. The number of nitro groups is 1. The highest BCUT2D eigenvalue weighted by molar-refractivity contribution is 8.18. The SMILES string of the molecule is O=C1S/C(=C/c2ccc(-c3cc([N+](=O)[O-])ccc3Cl)o2)C(=O)N1Cc1ccc(F)cc1. The van der Waals surface area contributed by atoms with Crippen LogP contribution in [0.5, 0.6) is 0 Å². The summed E-state index contributed by atoms with van der Waals surface area (Å²) in [7, 11) is 0. The summed E-state index contributed by atoms with van der Waals surface area (Å²) in [4.78, 5) is 36.6. The highest BCUT2D eigenvalue weighted by Crippen LogP contribution is 2.36. The second-order valence-corrected chi connectivity index (χ2v) is 7.92. The molecule has 0 N–H and O–H groups in total. The molecule has 1 fully saturated rings. The minimum atomic E-state index is -0.541. The molecule has 2 aromatic carbocycles. The Hall–Kier alpha value is -3.43. The zero-order valence-corrected chi connectivity index (χ0v) is 17.2. The van der Waals surface area contributed by atoms with Crippen molar-refractivity contribution >= 4 is 46.3 Å². The smallest absolute Gasteiger partial charge is 0.293 e.